The zero-order valence-corrected chi connectivity index (χ0v) is 16.1. The van der Waals surface area contributed by atoms with Gasteiger partial charge in [-0.1, -0.05) is 42.5 Å². The first-order valence-corrected chi connectivity index (χ1v) is 10.9. The van der Waals surface area contributed by atoms with E-state index in [-0.39, 0.29) is 18.6 Å². The predicted molar refractivity (Wildman–Crippen MR) is 105 cm³/mol. The van der Waals surface area contributed by atoms with Crippen LogP contribution in [-0.2, 0) is 22.3 Å². The molecule has 0 radical (unpaired) electrons. The molecule has 0 amide bonds. The molecule has 1 unspecified atom stereocenters. The van der Waals surface area contributed by atoms with Crippen molar-refractivity contribution in [2.45, 2.75) is 32.4 Å². The van der Waals surface area contributed by atoms with Crippen LogP contribution in [0.15, 0.2) is 54.6 Å². The standard InChI is InChI=1S/C20H28NO4P/c1-17(21)14-18-8-10-20(11-9-18)25-16-26(22,23)13-5-12-24-15-19-6-3-2-4-7-19/h2-4,6-11,17H,5,12-16,21H2,1H3,(H,22,23)/t17-/m1/s1. The second kappa shape index (κ2) is 10.5. The molecule has 2 atom stereocenters. The number of hydrogen-bond donors (Lipinski definition) is 2. The number of hydrogen-bond acceptors (Lipinski definition) is 4. The fourth-order valence-electron chi connectivity index (χ4n) is 2.51. The molecule has 0 aliphatic heterocycles. The van der Waals surface area contributed by atoms with E-state index in [2.05, 4.69) is 0 Å². The highest BCUT2D eigenvalue weighted by atomic mass is 31.2. The summed E-state index contributed by atoms with van der Waals surface area (Å²) in [6, 6.07) is 17.4. The molecule has 6 heteroatoms. The maximum absolute atomic E-state index is 12.2. The molecule has 142 valence electrons. The first kappa shape index (κ1) is 20.7. The zero-order valence-electron chi connectivity index (χ0n) is 15.2. The third-order valence-electron chi connectivity index (χ3n) is 3.82. The van der Waals surface area contributed by atoms with Crippen molar-refractivity contribution < 1.29 is 18.9 Å². The Morgan fingerprint density at radius 3 is 2.42 bits per heavy atom. The van der Waals surface area contributed by atoms with Gasteiger partial charge in [-0.05, 0) is 43.0 Å². The van der Waals surface area contributed by atoms with Crippen molar-refractivity contribution in [3.05, 3.63) is 65.7 Å². The molecule has 5 nitrogen and oxygen atoms in total. The molecule has 0 aliphatic carbocycles. The molecular formula is C20H28NO4P. The Kier molecular flexibility index (Phi) is 8.33. The Bertz CT molecular complexity index is 689. The van der Waals surface area contributed by atoms with E-state index in [4.69, 9.17) is 15.2 Å². The van der Waals surface area contributed by atoms with Crippen LogP contribution in [0.2, 0.25) is 0 Å². The summed E-state index contributed by atoms with van der Waals surface area (Å²) in [5.41, 5.74) is 7.98. The highest BCUT2D eigenvalue weighted by Gasteiger charge is 2.18. The van der Waals surface area contributed by atoms with E-state index in [0.29, 0.717) is 25.4 Å². The topological polar surface area (TPSA) is 81.8 Å². The zero-order chi connectivity index (χ0) is 18.8. The molecule has 0 saturated carbocycles. The third kappa shape index (κ3) is 8.15. The lowest BCUT2D eigenvalue weighted by molar-refractivity contribution is 0.121. The second-order valence-corrected chi connectivity index (χ2v) is 8.96. The van der Waals surface area contributed by atoms with Crippen molar-refractivity contribution in [3.63, 3.8) is 0 Å². The van der Waals surface area contributed by atoms with Gasteiger partial charge in [0.25, 0.3) is 0 Å². The van der Waals surface area contributed by atoms with Gasteiger partial charge in [-0.25, -0.2) is 0 Å². The Labute approximate surface area is 155 Å². The minimum absolute atomic E-state index is 0.100. The van der Waals surface area contributed by atoms with Gasteiger partial charge in [0, 0.05) is 18.8 Å². The van der Waals surface area contributed by atoms with E-state index in [1.807, 2.05) is 49.4 Å². The fourth-order valence-corrected chi connectivity index (χ4v) is 3.61. The SMILES string of the molecule is C[C@@H](N)Cc1ccc(OCP(=O)(O)CCCOCc2ccccc2)cc1. The first-order chi connectivity index (χ1) is 12.4. The fraction of sp³-hybridized carbons (Fsp3) is 0.400. The average molecular weight is 377 g/mol. The lowest BCUT2D eigenvalue weighted by Crippen LogP contribution is -2.17. The Balaban J connectivity index is 1.65. The average Bonchev–Trinajstić information content (AvgIpc) is 2.61. The van der Waals surface area contributed by atoms with E-state index in [9.17, 15) is 9.46 Å². The molecular weight excluding hydrogens is 349 g/mol. The van der Waals surface area contributed by atoms with Crippen LogP contribution < -0.4 is 10.5 Å². The van der Waals surface area contributed by atoms with Crippen molar-refractivity contribution in [1.29, 1.82) is 0 Å². The lowest BCUT2D eigenvalue weighted by Gasteiger charge is -2.13. The molecule has 0 spiro atoms. The van der Waals surface area contributed by atoms with E-state index in [1.165, 1.54) is 0 Å². The van der Waals surface area contributed by atoms with Crippen LogP contribution in [0.5, 0.6) is 5.75 Å². The van der Waals surface area contributed by atoms with Gasteiger partial charge in [0.05, 0.1) is 6.61 Å². The molecule has 0 aliphatic rings. The summed E-state index contributed by atoms with van der Waals surface area (Å²) in [6.45, 7) is 2.92. The summed E-state index contributed by atoms with van der Waals surface area (Å²) >= 11 is 0. The van der Waals surface area contributed by atoms with E-state index in [0.717, 1.165) is 17.5 Å². The van der Waals surface area contributed by atoms with Crippen molar-refractivity contribution >= 4 is 7.37 Å². The van der Waals surface area contributed by atoms with Crippen molar-refractivity contribution in [2.24, 2.45) is 5.73 Å². The van der Waals surface area contributed by atoms with Gasteiger partial charge in [-0.2, -0.15) is 0 Å². The highest BCUT2D eigenvalue weighted by molar-refractivity contribution is 7.57. The summed E-state index contributed by atoms with van der Waals surface area (Å²) in [5, 5.41) is 0. The van der Waals surface area contributed by atoms with Crippen molar-refractivity contribution in [3.8, 4) is 5.75 Å². The summed E-state index contributed by atoms with van der Waals surface area (Å²) < 4.78 is 23.2. The second-order valence-electron chi connectivity index (χ2n) is 6.56. The Morgan fingerprint density at radius 1 is 1.08 bits per heavy atom. The van der Waals surface area contributed by atoms with Gasteiger partial charge < -0.3 is 20.1 Å². The molecule has 2 aromatic rings. The molecule has 0 fully saturated rings. The molecule has 2 rings (SSSR count). The Morgan fingerprint density at radius 2 is 1.77 bits per heavy atom. The van der Waals surface area contributed by atoms with Crippen LogP contribution in [0.3, 0.4) is 0 Å². The molecule has 0 heterocycles. The first-order valence-electron chi connectivity index (χ1n) is 8.84. The molecule has 26 heavy (non-hydrogen) atoms. The van der Waals surface area contributed by atoms with Gasteiger partial charge >= 0.3 is 0 Å². The highest BCUT2D eigenvalue weighted by Crippen LogP contribution is 2.41. The maximum atomic E-state index is 12.2. The predicted octanol–water partition coefficient (Wildman–Crippen LogP) is 3.79. The maximum Gasteiger partial charge on any atom is 0.236 e. The van der Waals surface area contributed by atoms with Gasteiger partial charge in [0.1, 0.15) is 5.75 Å². The van der Waals surface area contributed by atoms with Crippen LogP contribution in [-0.4, -0.2) is 30.1 Å². The molecule has 0 aromatic heterocycles. The van der Waals surface area contributed by atoms with Crippen LogP contribution in [0, 0.1) is 0 Å². The van der Waals surface area contributed by atoms with E-state index >= 15 is 0 Å². The summed E-state index contributed by atoms with van der Waals surface area (Å²) in [5.74, 6) is 0.591. The molecule has 0 saturated heterocycles. The lowest BCUT2D eigenvalue weighted by atomic mass is 10.1. The van der Waals surface area contributed by atoms with Crippen LogP contribution in [0.1, 0.15) is 24.5 Å². The van der Waals surface area contributed by atoms with Crippen LogP contribution >= 0.6 is 7.37 Å². The number of nitrogens with two attached hydrogens (primary N) is 1. The van der Waals surface area contributed by atoms with Gasteiger partial charge in [-0.15, -0.1) is 0 Å². The van der Waals surface area contributed by atoms with Gasteiger partial charge in [0.15, 0.2) is 6.35 Å². The van der Waals surface area contributed by atoms with E-state index in [1.54, 1.807) is 12.1 Å². The number of rotatable bonds is 11. The molecule has 2 aromatic carbocycles. The number of ether oxygens (including phenoxy) is 2. The Hall–Kier alpha value is -1.65. The smallest absolute Gasteiger partial charge is 0.236 e. The summed E-state index contributed by atoms with van der Waals surface area (Å²) in [7, 11) is -3.33. The summed E-state index contributed by atoms with van der Waals surface area (Å²) in [4.78, 5) is 10.0. The van der Waals surface area contributed by atoms with Crippen molar-refractivity contribution in [2.75, 3.05) is 19.1 Å². The monoisotopic (exact) mass is 377 g/mol. The van der Waals surface area contributed by atoms with Gasteiger partial charge in [-0.3, -0.25) is 4.57 Å². The quantitative estimate of drug-likeness (QED) is 0.460. The van der Waals surface area contributed by atoms with Crippen LogP contribution in [0.4, 0.5) is 0 Å². The normalized spacial score (nSPS) is 14.6. The largest absolute Gasteiger partial charge is 0.484 e. The van der Waals surface area contributed by atoms with Gasteiger partial charge in [0.2, 0.25) is 7.37 Å². The van der Waals surface area contributed by atoms with E-state index < -0.39 is 7.37 Å². The summed E-state index contributed by atoms with van der Waals surface area (Å²) in [6.07, 6.45) is 1.32. The van der Waals surface area contributed by atoms with Crippen LogP contribution in [0.25, 0.3) is 0 Å². The molecule has 3 N–H and O–H groups in total. The number of benzene rings is 2. The van der Waals surface area contributed by atoms with Crippen molar-refractivity contribution in [1.82, 2.24) is 0 Å². The third-order valence-corrected chi connectivity index (χ3v) is 5.37. The minimum atomic E-state index is -3.33. The molecule has 0 bridgehead atoms. The minimum Gasteiger partial charge on any atom is -0.484 e.